The topological polar surface area (TPSA) is 55.1 Å². The lowest BCUT2D eigenvalue weighted by Gasteiger charge is -2.22. The highest BCUT2D eigenvalue weighted by Gasteiger charge is 2.18. The number of nitrogens with two attached hydrogens (primary N) is 1. The van der Waals surface area contributed by atoms with Crippen LogP contribution in [-0.4, -0.2) is 11.9 Å². The third-order valence-corrected chi connectivity index (χ3v) is 3.17. The normalized spacial score (nSPS) is 13.2. The SMILES string of the molecule is CC(C)(C)CC(N)CC(=O)Nc1ccc(Br)c(F)c1. The number of carbonyl (C=O) groups excluding carboxylic acids is 1. The van der Waals surface area contributed by atoms with E-state index in [-0.39, 0.29) is 23.8 Å². The van der Waals surface area contributed by atoms with Crippen molar-refractivity contribution in [1.29, 1.82) is 0 Å². The number of amides is 1. The first kappa shape index (κ1) is 16.1. The van der Waals surface area contributed by atoms with Crippen molar-refractivity contribution < 1.29 is 9.18 Å². The summed E-state index contributed by atoms with van der Waals surface area (Å²) in [4.78, 5) is 11.8. The van der Waals surface area contributed by atoms with Gasteiger partial charge < -0.3 is 11.1 Å². The molecule has 0 fully saturated rings. The Bertz CT molecular complexity index is 457. The van der Waals surface area contributed by atoms with Gasteiger partial charge in [-0.05, 0) is 46.0 Å². The van der Waals surface area contributed by atoms with Crippen LogP contribution in [-0.2, 0) is 4.79 Å². The van der Waals surface area contributed by atoms with E-state index in [0.717, 1.165) is 6.42 Å². The van der Waals surface area contributed by atoms with E-state index in [9.17, 15) is 9.18 Å². The van der Waals surface area contributed by atoms with Crippen molar-refractivity contribution in [1.82, 2.24) is 0 Å². The lowest BCUT2D eigenvalue weighted by atomic mass is 9.87. The molecular formula is C14H20BrFN2O. The predicted molar refractivity (Wildman–Crippen MR) is 79.4 cm³/mol. The first-order valence-electron chi connectivity index (χ1n) is 6.18. The Balaban J connectivity index is 2.53. The zero-order chi connectivity index (χ0) is 14.6. The first-order chi connectivity index (χ1) is 8.67. The summed E-state index contributed by atoms with van der Waals surface area (Å²) in [5, 5.41) is 2.65. The average Bonchev–Trinajstić information content (AvgIpc) is 2.20. The second-order valence-electron chi connectivity index (χ2n) is 5.91. The summed E-state index contributed by atoms with van der Waals surface area (Å²) in [7, 11) is 0. The lowest BCUT2D eigenvalue weighted by molar-refractivity contribution is -0.116. The van der Waals surface area contributed by atoms with Gasteiger partial charge >= 0.3 is 0 Å². The van der Waals surface area contributed by atoms with Gasteiger partial charge in [0.1, 0.15) is 5.82 Å². The maximum Gasteiger partial charge on any atom is 0.225 e. The molecule has 3 nitrogen and oxygen atoms in total. The fourth-order valence-corrected chi connectivity index (χ4v) is 2.13. The molecule has 0 aromatic heterocycles. The van der Waals surface area contributed by atoms with E-state index in [1.165, 1.54) is 6.07 Å². The Morgan fingerprint density at radius 3 is 2.63 bits per heavy atom. The molecule has 106 valence electrons. The van der Waals surface area contributed by atoms with E-state index in [2.05, 4.69) is 42.0 Å². The fraction of sp³-hybridized carbons (Fsp3) is 0.500. The molecule has 0 bridgehead atoms. The number of hydrogen-bond acceptors (Lipinski definition) is 2. The van der Waals surface area contributed by atoms with Gasteiger partial charge in [0, 0.05) is 18.2 Å². The smallest absolute Gasteiger partial charge is 0.225 e. The molecule has 0 heterocycles. The van der Waals surface area contributed by atoms with Crippen molar-refractivity contribution in [3.05, 3.63) is 28.5 Å². The molecule has 0 aliphatic heterocycles. The third kappa shape index (κ3) is 6.16. The summed E-state index contributed by atoms with van der Waals surface area (Å²) in [5.41, 5.74) is 6.45. The molecule has 1 atom stereocenters. The number of hydrogen-bond donors (Lipinski definition) is 2. The Morgan fingerprint density at radius 2 is 2.11 bits per heavy atom. The van der Waals surface area contributed by atoms with Crippen LogP contribution in [0.4, 0.5) is 10.1 Å². The fourth-order valence-electron chi connectivity index (χ4n) is 1.88. The van der Waals surface area contributed by atoms with Crippen LogP contribution < -0.4 is 11.1 Å². The van der Waals surface area contributed by atoms with Gasteiger partial charge in [-0.25, -0.2) is 4.39 Å². The van der Waals surface area contributed by atoms with Crippen molar-refractivity contribution in [2.45, 2.75) is 39.7 Å². The Labute approximate surface area is 121 Å². The molecule has 0 aliphatic rings. The molecule has 5 heteroatoms. The maximum absolute atomic E-state index is 13.3. The zero-order valence-corrected chi connectivity index (χ0v) is 13.1. The van der Waals surface area contributed by atoms with E-state index >= 15 is 0 Å². The lowest BCUT2D eigenvalue weighted by Crippen LogP contribution is -2.31. The molecule has 0 radical (unpaired) electrons. The van der Waals surface area contributed by atoms with Gasteiger partial charge in [0.15, 0.2) is 0 Å². The Morgan fingerprint density at radius 1 is 1.47 bits per heavy atom. The molecule has 0 saturated carbocycles. The highest BCUT2D eigenvalue weighted by atomic mass is 79.9. The van der Waals surface area contributed by atoms with Crippen molar-refractivity contribution in [2.75, 3.05) is 5.32 Å². The molecule has 1 unspecified atom stereocenters. The minimum atomic E-state index is -0.406. The van der Waals surface area contributed by atoms with Crippen LogP contribution in [0.25, 0.3) is 0 Å². The van der Waals surface area contributed by atoms with E-state index < -0.39 is 5.82 Å². The van der Waals surface area contributed by atoms with E-state index in [1.54, 1.807) is 12.1 Å². The summed E-state index contributed by atoms with van der Waals surface area (Å²) in [6, 6.07) is 4.28. The molecule has 0 aliphatic carbocycles. The molecular weight excluding hydrogens is 311 g/mol. The minimum absolute atomic E-state index is 0.0867. The highest BCUT2D eigenvalue weighted by molar-refractivity contribution is 9.10. The number of halogens is 2. The van der Waals surface area contributed by atoms with Gasteiger partial charge in [-0.1, -0.05) is 20.8 Å². The minimum Gasteiger partial charge on any atom is -0.327 e. The second kappa shape index (κ2) is 6.48. The standard InChI is InChI=1S/C14H20BrFN2O/c1-14(2,3)8-9(17)6-13(19)18-10-4-5-11(15)12(16)7-10/h4-5,7,9H,6,8,17H2,1-3H3,(H,18,19). The van der Waals surface area contributed by atoms with Gasteiger partial charge in [-0.15, -0.1) is 0 Å². The van der Waals surface area contributed by atoms with Crippen LogP contribution in [0.5, 0.6) is 0 Å². The van der Waals surface area contributed by atoms with Gasteiger partial charge in [0.2, 0.25) is 5.91 Å². The molecule has 19 heavy (non-hydrogen) atoms. The monoisotopic (exact) mass is 330 g/mol. The number of anilines is 1. The summed E-state index contributed by atoms with van der Waals surface area (Å²) < 4.78 is 13.7. The van der Waals surface area contributed by atoms with Crippen LogP contribution >= 0.6 is 15.9 Å². The predicted octanol–water partition coefficient (Wildman–Crippen LogP) is 3.68. The van der Waals surface area contributed by atoms with Crippen molar-refractivity contribution in [3.63, 3.8) is 0 Å². The highest BCUT2D eigenvalue weighted by Crippen LogP contribution is 2.22. The average molecular weight is 331 g/mol. The van der Waals surface area contributed by atoms with Crippen LogP contribution in [0.3, 0.4) is 0 Å². The number of rotatable bonds is 4. The number of carbonyl (C=O) groups is 1. The van der Waals surface area contributed by atoms with Gasteiger partial charge in [-0.3, -0.25) is 4.79 Å². The van der Waals surface area contributed by atoms with Crippen LogP contribution in [0, 0.1) is 11.2 Å². The van der Waals surface area contributed by atoms with Gasteiger partial charge in [0.25, 0.3) is 0 Å². The zero-order valence-electron chi connectivity index (χ0n) is 11.5. The van der Waals surface area contributed by atoms with E-state index in [1.807, 2.05) is 0 Å². The molecule has 1 amide bonds. The summed E-state index contributed by atoms with van der Waals surface area (Å²) >= 11 is 3.06. The second-order valence-corrected chi connectivity index (χ2v) is 6.76. The van der Waals surface area contributed by atoms with E-state index in [4.69, 9.17) is 5.73 Å². The van der Waals surface area contributed by atoms with Crippen molar-refractivity contribution >= 4 is 27.5 Å². The van der Waals surface area contributed by atoms with Crippen molar-refractivity contribution in [2.24, 2.45) is 11.1 Å². The molecule has 0 saturated heterocycles. The summed E-state index contributed by atoms with van der Waals surface area (Å²) in [6.45, 7) is 6.23. The molecule has 1 rings (SSSR count). The molecule has 0 spiro atoms. The van der Waals surface area contributed by atoms with Crippen LogP contribution in [0.15, 0.2) is 22.7 Å². The quantitative estimate of drug-likeness (QED) is 0.884. The number of benzene rings is 1. The molecule has 1 aromatic rings. The summed E-state index contributed by atoms with van der Waals surface area (Å²) in [6.07, 6.45) is 0.990. The van der Waals surface area contributed by atoms with Crippen LogP contribution in [0.2, 0.25) is 0 Å². The van der Waals surface area contributed by atoms with Gasteiger partial charge in [0.05, 0.1) is 4.47 Å². The van der Waals surface area contributed by atoms with Crippen LogP contribution in [0.1, 0.15) is 33.6 Å². The maximum atomic E-state index is 13.3. The summed E-state index contributed by atoms with van der Waals surface area (Å²) in [5.74, 6) is -0.602. The molecule has 1 aromatic carbocycles. The third-order valence-electron chi connectivity index (χ3n) is 2.53. The Hall–Kier alpha value is -0.940. The number of nitrogens with one attached hydrogen (secondary N) is 1. The van der Waals surface area contributed by atoms with Gasteiger partial charge in [-0.2, -0.15) is 0 Å². The molecule has 3 N–H and O–H groups in total. The Kier molecular flexibility index (Phi) is 5.50. The first-order valence-corrected chi connectivity index (χ1v) is 6.97. The largest absolute Gasteiger partial charge is 0.327 e. The van der Waals surface area contributed by atoms with E-state index in [0.29, 0.717) is 10.2 Å². The van der Waals surface area contributed by atoms with Crippen molar-refractivity contribution in [3.8, 4) is 0 Å².